The van der Waals surface area contributed by atoms with Gasteiger partial charge in [0.05, 0.1) is 17.4 Å². The van der Waals surface area contributed by atoms with E-state index in [0.29, 0.717) is 0 Å². The van der Waals surface area contributed by atoms with Gasteiger partial charge in [0.25, 0.3) is 0 Å². The number of hydrogen-bond donors (Lipinski definition) is 2. The van der Waals surface area contributed by atoms with E-state index in [2.05, 4.69) is 155 Å². The maximum atomic E-state index is 6.45. The van der Waals surface area contributed by atoms with Crippen LogP contribution in [-0.2, 0) is 0 Å². The van der Waals surface area contributed by atoms with Crippen LogP contribution in [0.25, 0.3) is 31.1 Å². The Morgan fingerprint density at radius 1 is 0.578 bits per heavy atom. The lowest BCUT2D eigenvalue weighted by Crippen LogP contribution is -2.36. The number of para-hydroxylation sites is 3. The summed E-state index contributed by atoms with van der Waals surface area (Å²) in [6.45, 7) is 0. The van der Waals surface area contributed by atoms with Crippen molar-refractivity contribution in [3.05, 3.63) is 169 Å². The number of nitrogens with one attached hydrogen (secondary N) is 2. The Labute approximate surface area is 265 Å². The highest BCUT2D eigenvalue weighted by molar-refractivity contribution is 7.26. The second-order valence-corrected chi connectivity index (χ2v) is 12.5. The zero-order valence-electron chi connectivity index (χ0n) is 24.4. The molecule has 0 radical (unpaired) electrons. The van der Waals surface area contributed by atoms with E-state index in [1.165, 1.54) is 37.0 Å². The zero-order valence-corrected chi connectivity index (χ0v) is 25.2. The molecule has 45 heavy (non-hydrogen) atoms. The lowest BCUT2D eigenvalue weighted by molar-refractivity contribution is 0.422. The molecular formula is C40H29N3OS. The molecule has 1 aliphatic heterocycles. The summed E-state index contributed by atoms with van der Waals surface area (Å²) in [6, 6.07) is 53.6. The van der Waals surface area contributed by atoms with Gasteiger partial charge in [-0.15, -0.1) is 11.3 Å². The van der Waals surface area contributed by atoms with Crippen LogP contribution in [0.3, 0.4) is 0 Å². The molecule has 0 bridgehead atoms. The van der Waals surface area contributed by atoms with Gasteiger partial charge < -0.3 is 14.6 Å². The van der Waals surface area contributed by atoms with Gasteiger partial charge in [-0.1, -0.05) is 91.0 Å². The van der Waals surface area contributed by atoms with Crippen molar-refractivity contribution < 1.29 is 4.42 Å². The standard InChI is InChI=1S/C40H29N3OS/c1-4-13-26(14-5-1)37-39-38(30-19-10-11-21-33(30)44-39)42-40(41-37)27-23-24-34-31(25-27)36-32(20-12-22-35(36)45-34)43(28-15-6-2-7-16-28)29-17-8-3-9-18-29/h1-25,37,40-42H. The Bertz CT molecular complexity index is 2250. The highest BCUT2D eigenvalue weighted by Gasteiger charge is 2.33. The maximum Gasteiger partial charge on any atom is 0.149 e. The molecule has 0 amide bonds. The third kappa shape index (κ3) is 4.40. The molecule has 9 rings (SSSR count). The SMILES string of the molecule is c1ccc(C2NC(c3ccc4sc5cccc(N(c6ccccc6)c6ccccc6)c5c4c3)Nc3c2oc2ccccc32)cc1. The number of hydrogen-bond acceptors (Lipinski definition) is 5. The van der Waals surface area contributed by atoms with Gasteiger partial charge in [-0.2, -0.15) is 0 Å². The summed E-state index contributed by atoms with van der Waals surface area (Å²) < 4.78 is 8.99. The first-order valence-electron chi connectivity index (χ1n) is 15.3. The molecule has 0 saturated carbocycles. The zero-order chi connectivity index (χ0) is 29.7. The second kappa shape index (κ2) is 10.7. The lowest BCUT2D eigenvalue weighted by Gasteiger charge is -2.32. The molecule has 216 valence electrons. The molecule has 8 aromatic rings. The van der Waals surface area contributed by atoms with Crippen molar-refractivity contribution in [3.8, 4) is 0 Å². The van der Waals surface area contributed by atoms with Crippen molar-refractivity contribution in [1.82, 2.24) is 5.32 Å². The molecule has 2 atom stereocenters. The normalized spacial score (nSPS) is 16.1. The first-order valence-corrected chi connectivity index (χ1v) is 16.1. The number of furan rings is 1. The Morgan fingerprint density at radius 3 is 2.02 bits per heavy atom. The molecule has 0 aliphatic carbocycles. The summed E-state index contributed by atoms with van der Waals surface area (Å²) in [5.41, 5.74) is 7.74. The minimum Gasteiger partial charge on any atom is -0.457 e. The van der Waals surface area contributed by atoms with E-state index in [9.17, 15) is 0 Å². The Balaban J connectivity index is 1.21. The van der Waals surface area contributed by atoms with Gasteiger partial charge in [-0.25, -0.2) is 0 Å². The molecular weight excluding hydrogens is 571 g/mol. The summed E-state index contributed by atoms with van der Waals surface area (Å²) in [5.74, 6) is 0.921. The van der Waals surface area contributed by atoms with Gasteiger partial charge in [0.15, 0.2) is 0 Å². The van der Waals surface area contributed by atoms with Gasteiger partial charge in [0.2, 0.25) is 0 Å². The molecule has 2 unspecified atom stereocenters. The number of fused-ring (bicyclic) bond motifs is 6. The van der Waals surface area contributed by atoms with Gasteiger partial charge >= 0.3 is 0 Å². The van der Waals surface area contributed by atoms with Crippen LogP contribution in [0.2, 0.25) is 0 Å². The van der Waals surface area contributed by atoms with Crippen molar-refractivity contribution in [2.45, 2.75) is 12.2 Å². The van der Waals surface area contributed by atoms with E-state index in [-0.39, 0.29) is 12.2 Å². The smallest absolute Gasteiger partial charge is 0.149 e. The van der Waals surface area contributed by atoms with Crippen molar-refractivity contribution in [1.29, 1.82) is 0 Å². The van der Waals surface area contributed by atoms with Gasteiger partial charge in [0.1, 0.15) is 17.5 Å². The topological polar surface area (TPSA) is 40.4 Å². The fourth-order valence-electron chi connectivity index (χ4n) is 6.69. The van der Waals surface area contributed by atoms with Gasteiger partial charge in [-0.05, 0) is 71.8 Å². The fourth-order valence-corrected chi connectivity index (χ4v) is 7.80. The van der Waals surface area contributed by atoms with Crippen LogP contribution in [0.5, 0.6) is 0 Å². The predicted molar refractivity (Wildman–Crippen MR) is 188 cm³/mol. The van der Waals surface area contributed by atoms with E-state index < -0.39 is 0 Å². The summed E-state index contributed by atoms with van der Waals surface area (Å²) in [7, 11) is 0. The van der Waals surface area contributed by atoms with E-state index in [4.69, 9.17) is 4.42 Å². The third-order valence-electron chi connectivity index (χ3n) is 8.74. The average molecular weight is 600 g/mol. The predicted octanol–water partition coefficient (Wildman–Crippen LogP) is 11.1. The Morgan fingerprint density at radius 2 is 1.27 bits per heavy atom. The number of anilines is 4. The van der Waals surface area contributed by atoms with E-state index in [0.717, 1.165) is 33.8 Å². The maximum absolute atomic E-state index is 6.45. The lowest BCUT2D eigenvalue weighted by atomic mass is 9.97. The summed E-state index contributed by atoms with van der Waals surface area (Å²) in [4.78, 5) is 2.37. The quantitative estimate of drug-likeness (QED) is 0.206. The number of nitrogens with zero attached hydrogens (tertiary/aromatic N) is 1. The van der Waals surface area contributed by atoms with E-state index >= 15 is 0 Å². The summed E-state index contributed by atoms with van der Waals surface area (Å²) in [6.07, 6.45) is -0.116. The molecule has 0 fully saturated rings. The second-order valence-electron chi connectivity index (χ2n) is 11.4. The fraction of sp³-hybridized carbons (Fsp3) is 0.0500. The van der Waals surface area contributed by atoms with Crippen LogP contribution in [-0.4, -0.2) is 0 Å². The van der Waals surface area contributed by atoms with Crippen LogP contribution in [0.1, 0.15) is 29.1 Å². The summed E-state index contributed by atoms with van der Waals surface area (Å²) in [5, 5.41) is 11.3. The van der Waals surface area contributed by atoms with Crippen LogP contribution in [0, 0.1) is 0 Å². The monoisotopic (exact) mass is 599 g/mol. The molecule has 0 saturated heterocycles. The van der Waals surface area contributed by atoms with Gasteiger partial charge in [-0.3, -0.25) is 5.32 Å². The first kappa shape index (κ1) is 26.1. The molecule has 6 aromatic carbocycles. The van der Waals surface area contributed by atoms with Crippen LogP contribution in [0.4, 0.5) is 22.7 Å². The third-order valence-corrected chi connectivity index (χ3v) is 9.88. The molecule has 2 aromatic heterocycles. The number of benzene rings is 6. The van der Waals surface area contributed by atoms with Crippen molar-refractivity contribution >= 4 is 65.2 Å². The minimum absolute atomic E-state index is 0.0861. The molecule has 4 nitrogen and oxygen atoms in total. The molecule has 3 heterocycles. The first-order chi connectivity index (χ1) is 22.3. The highest BCUT2D eigenvalue weighted by Crippen LogP contribution is 2.47. The highest BCUT2D eigenvalue weighted by atomic mass is 32.1. The molecule has 2 N–H and O–H groups in total. The van der Waals surface area contributed by atoms with Gasteiger partial charge in [0, 0.05) is 36.9 Å². The van der Waals surface area contributed by atoms with Crippen LogP contribution >= 0.6 is 11.3 Å². The minimum atomic E-state index is -0.116. The van der Waals surface area contributed by atoms with Crippen molar-refractivity contribution in [3.63, 3.8) is 0 Å². The molecule has 0 spiro atoms. The van der Waals surface area contributed by atoms with E-state index in [1.54, 1.807) is 0 Å². The molecule has 5 heteroatoms. The van der Waals surface area contributed by atoms with Crippen molar-refractivity contribution in [2.75, 3.05) is 10.2 Å². The number of rotatable bonds is 5. The van der Waals surface area contributed by atoms with Crippen LogP contribution in [0.15, 0.2) is 156 Å². The average Bonchev–Trinajstić information content (AvgIpc) is 3.68. The summed E-state index contributed by atoms with van der Waals surface area (Å²) >= 11 is 1.85. The van der Waals surface area contributed by atoms with Crippen molar-refractivity contribution in [2.24, 2.45) is 0 Å². The Hall–Kier alpha value is -5.36. The Kier molecular flexibility index (Phi) is 6.18. The van der Waals surface area contributed by atoms with Crippen LogP contribution < -0.4 is 15.5 Å². The number of thiophene rings is 1. The largest absolute Gasteiger partial charge is 0.457 e. The van der Waals surface area contributed by atoms with E-state index in [1.807, 2.05) is 23.5 Å². The molecule has 1 aliphatic rings.